The number of aldehydes is 1. The molecule has 1 rings (SSSR count). The van der Waals surface area contributed by atoms with Crippen molar-refractivity contribution in [1.29, 1.82) is 0 Å². The first-order chi connectivity index (χ1) is 6.12. The van der Waals surface area contributed by atoms with Crippen molar-refractivity contribution in [1.82, 2.24) is 0 Å². The molecule has 0 bridgehead atoms. The zero-order chi connectivity index (χ0) is 9.90. The normalized spacial score (nSPS) is 40.2. The summed E-state index contributed by atoms with van der Waals surface area (Å²) in [6.07, 6.45) is 3.29. The van der Waals surface area contributed by atoms with E-state index < -0.39 is 0 Å². The van der Waals surface area contributed by atoms with Crippen LogP contribution < -0.4 is 0 Å². The van der Waals surface area contributed by atoms with Crippen molar-refractivity contribution in [2.24, 2.45) is 5.41 Å². The van der Waals surface area contributed by atoms with Gasteiger partial charge in [-0.1, -0.05) is 0 Å². The molecule has 0 radical (unpaired) electrons. The lowest BCUT2D eigenvalue weighted by Crippen LogP contribution is -2.39. The Labute approximate surface area is 79.1 Å². The molecule has 0 aromatic heterocycles. The lowest BCUT2D eigenvalue weighted by atomic mass is 9.75. The minimum Gasteiger partial charge on any atom is -0.396 e. The molecule has 0 amide bonds. The van der Waals surface area contributed by atoms with Gasteiger partial charge in [0.1, 0.15) is 6.29 Å². The van der Waals surface area contributed by atoms with Gasteiger partial charge in [-0.25, -0.2) is 0 Å². The third-order valence-electron chi connectivity index (χ3n) is 2.71. The molecular weight excluding hydrogens is 168 g/mol. The van der Waals surface area contributed by atoms with E-state index in [9.17, 15) is 4.79 Å². The van der Waals surface area contributed by atoms with E-state index in [2.05, 4.69) is 0 Å². The number of hydrogen-bond donors (Lipinski definition) is 1. The molecule has 0 saturated carbocycles. The first-order valence-corrected chi connectivity index (χ1v) is 4.84. The molecule has 0 aromatic carbocycles. The molecule has 1 aliphatic rings. The Bertz CT molecular complexity index is 169. The first kappa shape index (κ1) is 10.7. The number of hydrogen-bond acceptors (Lipinski definition) is 3. The van der Waals surface area contributed by atoms with Crippen molar-refractivity contribution in [3.63, 3.8) is 0 Å². The lowest BCUT2D eigenvalue weighted by Gasteiger charge is -2.38. The van der Waals surface area contributed by atoms with Gasteiger partial charge in [0.05, 0.1) is 12.2 Å². The minimum absolute atomic E-state index is 0.0815. The highest BCUT2D eigenvalue weighted by Gasteiger charge is 2.37. The van der Waals surface area contributed by atoms with Crippen molar-refractivity contribution in [3.05, 3.63) is 0 Å². The largest absolute Gasteiger partial charge is 0.396 e. The third kappa shape index (κ3) is 2.51. The van der Waals surface area contributed by atoms with Crippen molar-refractivity contribution < 1.29 is 14.6 Å². The second kappa shape index (κ2) is 4.20. The molecule has 3 heteroatoms. The van der Waals surface area contributed by atoms with Crippen LogP contribution in [-0.2, 0) is 9.53 Å². The summed E-state index contributed by atoms with van der Waals surface area (Å²) >= 11 is 0. The predicted molar refractivity (Wildman–Crippen MR) is 49.4 cm³/mol. The zero-order valence-electron chi connectivity index (χ0n) is 8.32. The molecule has 1 saturated heterocycles. The van der Waals surface area contributed by atoms with E-state index in [0.29, 0.717) is 6.42 Å². The van der Waals surface area contributed by atoms with E-state index in [1.807, 2.05) is 13.8 Å². The Morgan fingerprint density at radius 2 is 2.00 bits per heavy atom. The number of carbonyl (C=O) groups excluding carboxylic acids is 1. The lowest BCUT2D eigenvalue weighted by molar-refractivity contribution is -0.134. The summed E-state index contributed by atoms with van der Waals surface area (Å²) in [5.41, 5.74) is -0.341. The van der Waals surface area contributed by atoms with Crippen LogP contribution in [-0.4, -0.2) is 30.2 Å². The number of ether oxygens (including phenoxy) is 1. The van der Waals surface area contributed by atoms with Crippen LogP contribution in [0.3, 0.4) is 0 Å². The Hall–Kier alpha value is -0.410. The average Bonchev–Trinajstić information content (AvgIpc) is 2.03. The molecule has 1 fully saturated rings. The standard InChI is InChI=1S/C10H18O3/c1-8-5-10(7-12,3-4-11)6-9(2)13-8/h7-9,11H,3-6H2,1-2H3. The fraction of sp³-hybridized carbons (Fsp3) is 0.900. The maximum atomic E-state index is 11.0. The van der Waals surface area contributed by atoms with Gasteiger partial charge >= 0.3 is 0 Å². The highest BCUT2D eigenvalue weighted by Crippen LogP contribution is 2.37. The average molecular weight is 186 g/mol. The molecular formula is C10H18O3. The summed E-state index contributed by atoms with van der Waals surface area (Å²) < 4.78 is 5.55. The van der Waals surface area contributed by atoms with E-state index >= 15 is 0 Å². The van der Waals surface area contributed by atoms with Crippen LogP contribution in [0.2, 0.25) is 0 Å². The van der Waals surface area contributed by atoms with E-state index in [1.165, 1.54) is 0 Å². The Balaban J connectivity index is 2.67. The Morgan fingerprint density at radius 1 is 1.46 bits per heavy atom. The van der Waals surface area contributed by atoms with Gasteiger partial charge in [-0.15, -0.1) is 0 Å². The predicted octanol–water partition coefficient (Wildman–Crippen LogP) is 1.14. The van der Waals surface area contributed by atoms with Crippen molar-refractivity contribution in [3.8, 4) is 0 Å². The van der Waals surface area contributed by atoms with Gasteiger partial charge in [-0.3, -0.25) is 0 Å². The van der Waals surface area contributed by atoms with Gasteiger partial charge in [-0.05, 0) is 33.1 Å². The topological polar surface area (TPSA) is 46.5 Å². The quantitative estimate of drug-likeness (QED) is 0.672. The van der Waals surface area contributed by atoms with Crippen LogP contribution in [0.15, 0.2) is 0 Å². The Kier molecular flexibility index (Phi) is 3.45. The van der Waals surface area contributed by atoms with Gasteiger partial charge < -0.3 is 14.6 Å². The van der Waals surface area contributed by atoms with Gasteiger partial charge in [0.15, 0.2) is 0 Å². The van der Waals surface area contributed by atoms with Crippen molar-refractivity contribution >= 4 is 6.29 Å². The summed E-state index contributed by atoms with van der Waals surface area (Å²) in [5.74, 6) is 0. The maximum absolute atomic E-state index is 11.0. The van der Waals surface area contributed by atoms with Crippen LogP contribution in [0, 0.1) is 5.41 Å². The van der Waals surface area contributed by atoms with Gasteiger partial charge in [0, 0.05) is 12.0 Å². The third-order valence-corrected chi connectivity index (χ3v) is 2.71. The first-order valence-electron chi connectivity index (χ1n) is 4.84. The highest BCUT2D eigenvalue weighted by molar-refractivity contribution is 5.59. The number of rotatable bonds is 3. The van der Waals surface area contributed by atoms with Crippen LogP contribution in [0.1, 0.15) is 33.1 Å². The smallest absolute Gasteiger partial charge is 0.126 e. The molecule has 76 valence electrons. The number of carbonyl (C=O) groups is 1. The van der Waals surface area contributed by atoms with Crippen LogP contribution in [0.5, 0.6) is 0 Å². The molecule has 0 aromatic rings. The summed E-state index contributed by atoms with van der Waals surface area (Å²) in [6.45, 7) is 4.04. The molecule has 0 spiro atoms. The summed E-state index contributed by atoms with van der Waals surface area (Å²) in [7, 11) is 0. The van der Waals surface area contributed by atoms with E-state index in [1.54, 1.807) is 0 Å². The minimum atomic E-state index is -0.341. The van der Waals surface area contributed by atoms with E-state index in [-0.39, 0.29) is 24.2 Å². The molecule has 1 N–H and O–H groups in total. The number of aliphatic hydroxyl groups is 1. The fourth-order valence-corrected chi connectivity index (χ4v) is 2.30. The van der Waals surface area contributed by atoms with Crippen LogP contribution in [0.25, 0.3) is 0 Å². The molecule has 0 aliphatic carbocycles. The SMILES string of the molecule is CC1CC(C=O)(CCO)CC(C)O1. The summed E-state index contributed by atoms with van der Waals surface area (Å²) in [5, 5.41) is 8.89. The van der Waals surface area contributed by atoms with Crippen LogP contribution in [0.4, 0.5) is 0 Å². The summed E-state index contributed by atoms with van der Waals surface area (Å²) in [4.78, 5) is 11.0. The van der Waals surface area contributed by atoms with E-state index in [0.717, 1.165) is 19.1 Å². The van der Waals surface area contributed by atoms with Gasteiger partial charge in [0.25, 0.3) is 0 Å². The Morgan fingerprint density at radius 3 is 2.38 bits per heavy atom. The van der Waals surface area contributed by atoms with Gasteiger partial charge in [0.2, 0.25) is 0 Å². The van der Waals surface area contributed by atoms with Crippen molar-refractivity contribution in [2.75, 3.05) is 6.61 Å². The molecule has 1 aliphatic heterocycles. The second-order valence-corrected chi connectivity index (χ2v) is 4.12. The summed E-state index contributed by atoms with van der Waals surface area (Å²) in [6, 6.07) is 0. The number of aliphatic hydroxyl groups excluding tert-OH is 1. The molecule has 2 unspecified atom stereocenters. The molecule has 13 heavy (non-hydrogen) atoms. The van der Waals surface area contributed by atoms with Gasteiger partial charge in [-0.2, -0.15) is 0 Å². The maximum Gasteiger partial charge on any atom is 0.126 e. The zero-order valence-corrected chi connectivity index (χ0v) is 8.32. The molecule has 2 atom stereocenters. The second-order valence-electron chi connectivity index (χ2n) is 4.12. The molecule has 1 heterocycles. The monoisotopic (exact) mass is 186 g/mol. The fourth-order valence-electron chi connectivity index (χ4n) is 2.30. The van der Waals surface area contributed by atoms with Crippen LogP contribution >= 0.6 is 0 Å². The highest BCUT2D eigenvalue weighted by atomic mass is 16.5. The molecule has 3 nitrogen and oxygen atoms in total. The van der Waals surface area contributed by atoms with E-state index in [4.69, 9.17) is 9.84 Å². The van der Waals surface area contributed by atoms with Crippen molar-refractivity contribution in [2.45, 2.75) is 45.3 Å².